The van der Waals surface area contributed by atoms with Gasteiger partial charge in [0.25, 0.3) is 0 Å². The van der Waals surface area contributed by atoms with E-state index in [1.54, 1.807) is 25.4 Å². The van der Waals surface area contributed by atoms with Crippen molar-refractivity contribution in [2.45, 2.75) is 40.3 Å². The molecule has 1 unspecified atom stereocenters. The number of aryl methyl sites for hydroxylation is 2. The number of aliphatic imine (C=N–C) groups is 1. The normalized spacial score (nSPS) is 15.3. The van der Waals surface area contributed by atoms with Gasteiger partial charge in [-0.05, 0) is 51.5 Å². The highest BCUT2D eigenvalue weighted by molar-refractivity contribution is 7.15. The predicted octanol–water partition coefficient (Wildman–Crippen LogP) is 5.49. The number of hydrogen-bond acceptors (Lipinski definition) is 7. The van der Waals surface area contributed by atoms with Gasteiger partial charge in [-0.1, -0.05) is 30.3 Å². The van der Waals surface area contributed by atoms with E-state index < -0.39 is 17.9 Å². The molecular formula is C28H29N5O3S. The summed E-state index contributed by atoms with van der Waals surface area (Å²) in [6, 6.07) is 15.4. The van der Waals surface area contributed by atoms with E-state index in [9.17, 15) is 9.90 Å². The van der Waals surface area contributed by atoms with E-state index in [2.05, 4.69) is 29.4 Å². The van der Waals surface area contributed by atoms with Crippen LogP contribution < -0.4 is 10.1 Å². The Bertz CT molecular complexity index is 1500. The van der Waals surface area contributed by atoms with Crippen LogP contribution in [0.25, 0.3) is 5.00 Å². The van der Waals surface area contributed by atoms with Crippen molar-refractivity contribution in [1.29, 1.82) is 0 Å². The van der Waals surface area contributed by atoms with Crippen molar-refractivity contribution in [3.05, 3.63) is 87.3 Å². The number of anilines is 1. The molecule has 2 atom stereocenters. The molecule has 5 rings (SSSR count). The van der Waals surface area contributed by atoms with Gasteiger partial charge in [0, 0.05) is 33.8 Å². The number of rotatable bonds is 7. The average Bonchev–Trinajstić information content (AvgIpc) is 3.37. The Morgan fingerprint density at radius 3 is 2.57 bits per heavy atom. The topological polar surface area (TPSA) is 102 Å². The molecule has 1 aliphatic heterocycles. The molecular weight excluding hydrogens is 486 g/mol. The van der Waals surface area contributed by atoms with Crippen LogP contribution in [0.5, 0.6) is 5.75 Å². The molecule has 8 nitrogen and oxygen atoms in total. The van der Waals surface area contributed by atoms with Crippen molar-refractivity contribution >= 4 is 28.7 Å². The summed E-state index contributed by atoms with van der Waals surface area (Å²) in [6.45, 7) is 8.37. The first-order chi connectivity index (χ1) is 17.8. The first kappa shape index (κ1) is 24.7. The number of hydrogen-bond donors (Lipinski definition) is 2. The molecule has 2 aromatic carbocycles. The minimum atomic E-state index is -0.922. The molecule has 0 bridgehead atoms. The summed E-state index contributed by atoms with van der Waals surface area (Å²) in [6.07, 6.45) is 0. The second kappa shape index (κ2) is 9.82. The summed E-state index contributed by atoms with van der Waals surface area (Å²) in [4.78, 5) is 18.3. The van der Waals surface area contributed by atoms with Gasteiger partial charge in [-0.15, -0.1) is 21.5 Å². The molecule has 190 valence electrons. The molecule has 37 heavy (non-hydrogen) atoms. The lowest BCUT2D eigenvalue weighted by molar-refractivity contribution is -0.141. The number of para-hydroxylation sites is 1. The van der Waals surface area contributed by atoms with Crippen LogP contribution in [0, 0.1) is 26.7 Å². The van der Waals surface area contributed by atoms with Crippen molar-refractivity contribution in [2.75, 3.05) is 12.4 Å². The number of nitrogens with zero attached hydrogens (tertiary/aromatic N) is 4. The van der Waals surface area contributed by atoms with Gasteiger partial charge in [0.15, 0.2) is 5.82 Å². The maximum atomic E-state index is 12.0. The van der Waals surface area contributed by atoms with Crippen LogP contribution in [0.4, 0.5) is 5.69 Å². The Kier molecular flexibility index (Phi) is 6.55. The van der Waals surface area contributed by atoms with Gasteiger partial charge in [-0.25, -0.2) is 0 Å². The summed E-state index contributed by atoms with van der Waals surface area (Å²) < 4.78 is 7.43. The lowest BCUT2D eigenvalue weighted by atomic mass is 9.98. The van der Waals surface area contributed by atoms with Crippen LogP contribution >= 0.6 is 11.3 Å². The monoisotopic (exact) mass is 515 g/mol. The zero-order valence-electron chi connectivity index (χ0n) is 21.4. The fourth-order valence-corrected chi connectivity index (χ4v) is 5.82. The number of carboxylic acids is 1. The molecule has 0 saturated heterocycles. The number of benzene rings is 2. The summed E-state index contributed by atoms with van der Waals surface area (Å²) >= 11 is 1.66. The van der Waals surface area contributed by atoms with Crippen LogP contribution in [0.3, 0.4) is 0 Å². The molecule has 2 N–H and O–H groups in total. The number of carbonyl (C=O) groups is 1. The Morgan fingerprint density at radius 2 is 1.86 bits per heavy atom. The van der Waals surface area contributed by atoms with E-state index in [0.29, 0.717) is 18.2 Å². The number of ether oxygens (including phenoxy) is 1. The highest BCUT2D eigenvalue weighted by atomic mass is 32.1. The number of nitrogens with one attached hydrogen (secondary N) is 1. The van der Waals surface area contributed by atoms with Gasteiger partial charge in [-0.2, -0.15) is 0 Å². The van der Waals surface area contributed by atoms with E-state index in [4.69, 9.17) is 9.73 Å². The number of methoxy groups -OCH3 is 1. The molecule has 0 saturated carbocycles. The number of carboxylic acid groups (broad SMARTS) is 1. The number of aromatic nitrogens is 3. The predicted molar refractivity (Wildman–Crippen MR) is 145 cm³/mol. The Hall–Kier alpha value is -3.98. The molecule has 0 spiro atoms. The Labute approximate surface area is 219 Å². The van der Waals surface area contributed by atoms with Gasteiger partial charge in [0.2, 0.25) is 0 Å². The van der Waals surface area contributed by atoms with E-state index in [-0.39, 0.29) is 0 Å². The summed E-state index contributed by atoms with van der Waals surface area (Å²) in [5.74, 6) is 0.424. The smallest absolute Gasteiger partial charge is 0.308 e. The first-order valence-electron chi connectivity index (χ1n) is 12.1. The quantitative estimate of drug-likeness (QED) is 0.338. The van der Waals surface area contributed by atoms with Gasteiger partial charge in [-0.3, -0.25) is 14.4 Å². The molecule has 9 heteroatoms. The van der Waals surface area contributed by atoms with Gasteiger partial charge in [0.05, 0.1) is 18.7 Å². The highest BCUT2D eigenvalue weighted by Crippen LogP contribution is 2.40. The SMILES string of the molecule is COc1ccccc1CNc1ccc(C2=NC([C@H](C)C(=O)O)c3nnc(C)n3-c3sc(C)c(C)c32)cc1. The van der Waals surface area contributed by atoms with Crippen molar-refractivity contribution in [1.82, 2.24) is 14.8 Å². The van der Waals surface area contributed by atoms with E-state index in [0.717, 1.165) is 44.4 Å². The van der Waals surface area contributed by atoms with E-state index in [1.165, 1.54) is 4.88 Å². The molecule has 0 fully saturated rings. The fourth-order valence-electron chi connectivity index (χ4n) is 4.61. The second-order valence-electron chi connectivity index (χ2n) is 9.20. The van der Waals surface area contributed by atoms with Crippen molar-refractivity contribution < 1.29 is 14.6 Å². The third-order valence-electron chi connectivity index (χ3n) is 6.89. The summed E-state index contributed by atoms with van der Waals surface area (Å²) in [5, 5.41) is 23.0. The van der Waals surface area contributed by atoms with E-state index in [1.807, 2.05) is 60.0 Å². The van der Waals surface area contributed by atoms with Crippen LogP contribution in [0.1, 0.15) is 51.7 Å². The number of fused-ring (bicyclic) bond motifs is 3. The minimum Gasteiger partial charge on any atom is -0.496 e. The molecule has 3 heterocycles. The number of thiophene rings is 1. The maximum Gasteiger partial charge on any atom is 0.308 e. The highest BCUT2D eigenvalue weighted by Gasteiger charge is 2.36. The third-order valence-corrected chi connectivity index (χ3v) is 8.08. The fraction of sp³-hybridized carbons (Fsp3) is 0.286. The van der Waals surface area contributed by atoms with Crippen LogP contribution in [0.15, 0.2) is 53.5 Å². The Morgan fingerprint density at radius 1 is 1.14 bits per heavy atom. The minimum absolute atomic E-state index is 0.556. The summed E-state index contributed by atoms with van der Waals surface area (Å²) in [7, 11) is 1.67. The zero-order chi connectivity index (χ0) is 26.3. The van der Waals surface area contributed by atoms with Crippen LogP contribution in [-0.4, -0.2) is 38.7 Å². The summed E-state index contributed by atoms with van der Waals surface area (Å²) in [5.41, 5.74) is 5.85. The van der Waals surface area contributed by atoms with Gasteiger partial charge >= 0.3 is 5.97 Å². The standard InChI is InChI=1S/C28H29N5O3S/c1-15-17(3)37-27-23(15)25(30-24(16(2)28(34)35)26-32-31-18(4)33(26)27)19-10-12-21(13-11-19)29-14-20-8-6-7-9-22(20)36-5/h6-13,16,24,29H,14H2,1-5H3,(H,34,35)/t16-,24?/m0/s1. The molecule has 0 aliphatic carbocycles. The van der Waals surface area contributed by atoms with Crippen molar-refractivity contribution in [3.8, 4) is 10.8 Å². The third kappa shape index (κ3) is 4.40. The molecule has 4 aromatic rings. The number of aliphatic carboxylic acids is 1. The maximum absolute atomic E-state index is 12.0. The molecule has 1 aliphatic rings. The van der Waals surface area contributed by atoms with Crippen molar-refractivity contribution in [2.24, 2.45) is 10.9 Å². The van der Waals surface area contributed by atoms with E-state index >= 15 is 0 Å². The zero-order valence-corrected chi connectivity index (χ0v) is 22.3. The molecule has 0 radical (unpaired) electrons. The second-order valence-corrected chi connectivity index (χ2v) is 10.4. The van der Waals surface area contributed by atoms with Gasteiger partial charge < -0.3 is 15.2 Å². The molecule has 2 aromatic heterocycles. The van der Waals surface area contributed by atoms with Crippen molar-refractivity contribution in [3.63, 3.8) is 0 Å². The van der Waals surface area contributed by atoms with Crippen LogP contribution in [-0.2, 0) is 11.3 Å². The largest absolute Gasteiger partial charge is 0.496 e. The lowest BCUT2D eigenvalue weighted by Crippen LogP contribution is -2.21. The average molecular weight is 516 g/mol. The van der Waals surface area contributed by atoms with Crippen LogP contribution in [0.2, 0.25) is 0 Å². The first-order valence-corrected chi connectivity index (χ1v) is 12.9. The molecule has 0 amide bonds. The van der Waals surface area contributed by atoms with Gasteiger partial charge in [0.1, 0.15) is 22.6 Å². The Balaban J connectivity index is 1.55. The lowest BCUT2D eigenvalue weighted by Gasteiger charge is -2.16.